The Bertz CT molecular complexity index is 2010. The van der Waals surface area contributed by atoms with Gasteiger partial charge in [-0.15, -0.1) is 0 Å². The number of phenols is 1. The number of nitrogens with zero attached hydrogens (tertiary/aromatic N) is 1. The number of benzene rings is 5. The first-order valence-corrected chi connectivity index (χ1v) is 21.5. The van der Waals surface area contributed by atoms with E-state index in [0.29, 0.717) is 29.0 Å². The molecule has 5 aromatic rings. The summed E-state index contributed by atoms with van der Waals surface area (Å²) in [5.74, 6) is 1.67. The van der Waals surface area contributed by atoms with Gasteiger partial charge in [-0.05, 0) is 174 Å². The van der Waals surface area contributed by atoms with Gasteiger partial charge in [0.1, 0.15) is 5.75 Å². The average molecular weight is 781 g/mol. The molecule has 5 nitrogen and oxygen atoms in total. The first kappa shape index (κ1) is 44.2. The van der Waals surface area contributed by atoms with E-state index in [9.17, 15) is 5.11 Å². The Morgan fingerprint density at radius 3 is 1.22 bits per heavy atom. The highest BCUT2D eigenvalue weighted by molar-refractivity contribution is 5.69. The smallest absolute Gasteiger partial charge is 0.123 e. The molecular formula is C53H72N4O. The summed E-state index contributed by atoms with van der Waals surface area (Å²) in [5, 5.41) is 22.0. The standard InChI is InChI=1S/C53H72N4O/c1-36(2)30-38(4)57(35-40-32-48(52(8,9)10)50(58)49(33-40)53(11,12)13)47-28-26-46(27-29-47)56-45-24-22-44(23-25-45)55-43-20-18-42(19-21-43)54-41-16-14-39(15-17-41)31-37(3)34-51(5,6)7/h14-29,32-33,36-38,54-56,58H,30-31,34-35H2,1-13H3. The van der Waals surface area contributed by atoms with Crippen LogP contribution >= 0.6 is 0 Å². The molecule has 2 unspecified atom stereocenters. The highest BCUT2D eigenvalue weighted by Crippen LogP contribution is 2.41. The van der Waals surface area contributed by atoms with Crippen molar-refractivity contribution >= 4 is 39.8 Å². The molecule has 4 N–H and O–H groups in total. The fourth-order valence-electron chi connectivity index (χ4n) is 8.19. The molecule has 0 aliphatic heterocycles. The van der Waals surface area contributed by atoms with Crippen LogP contribution in [0, 0.1) is 17.3 Å². The predicted molar refractivity (Wildman–Crippen MR) is 253 cm³/mol. The first-order chi connectivity index (χ1) is 27.1. The Hall–Kier alpha value is -4.90. The van der Waals surface area contributed by atoms with Crippen molar-refractivity contribution in [1.82, 2.24) is 0 Å². The van der Waals surface area contributed by atoms with Crippen LogP contribution in [0.4, 0.5) is 39.8 Å². The summed E-state index contributed by atoms with van der Waals surface area (Å²) in [6, 6.07) is 39.3. The van der Waals surface area contributed by atoms with E-state index in [-0.39, 0.29) is 10.8 Å². The van der Waals surface area contributed by atoms with Gasteiger partial charge in [-0.3, -0.25) is 0 Å². The van der Waals surface area contributed by atoms with Crippen molar-refractivity contribution in [2.24, 2.45) is 17.3 Å². The Kier molecular flexibility index (Phi) is 14.0. The third-order valence-corrected chi connectivity index (χ3v) is 10.8. The largest absolute Gasteiger partial charge is 0.507 e. The van der Waals surface area contributed by atoms with Gasteiger partial charge < -0.3 is 26.0 Å². The third kappa shape index (κ3) is 12.8. The molecule has 0 aromatic heterocycles. The van der Waals surface area contributed by atoms with Crippen LogP contribution in [0.1, 0.15) is 125 Å². The highest BCUT2D eigenvalue weighted by Gasteiger charge is 2.28. The second kappa shape index (κ2) is 18.4. The summed E-state index contributed by atoms with van der Waals surface area (Å²) in [6.07, 6.45) is 3.42. The number of hydrogen-bond donors (Lipinski definition) is 4. The molecule has 5 aromatic carbocycles. The molecular weight excluding hydrogens is 709 g/mol. The molecule has 2 atom stereocenters. The zero-order chi connectivity index (χ0) is 42.4. The molecule has 0 saturated heterocycles. The lowest BCUT2D eigenvalue weighted by atomic mass is 9.78. The van der Waals surface area contributed by atoms with Crippen LogP contribution in [-0.2, 0) is 23.8 Å². The molecule has 0 radical (unpaired) electrons. The van der Waals surface area contributed by atoms with Crippen LogP contribution < -0.4 is 20.9 Å². The van der Waals surface area contributed by atoms with Crippen molar-refractivity contribution in [3.05, 3.63) is 131 Å². The molecule has 58 heavy (non-hydrogen) atoms. The normalized spacial score (nSPS) is 13.3. The summed E-state index contributed by atoms with van der Waals surface area (Å²) < 4.78 is 0. The van der Waals surface area contributed by atoms with E-state index in [1.54, 1.807) is 0 Å². The van der Waals surface area contributed by atoms with Crippen LogP contribution in [0.3, 0.4) is 0 Å². The number of anilines is 7. The molecule has 0 spiro atoms. The van der Waals surface area contributed by atoms with Gasteiger partial charge in [-0.1, -0.05) is 95.2 Å². The molecule has 0 aliphatic carbocycles. The van der Waals surface area contributed by atoms with Gasteiger partial charge in [0.2, 0.25) is 0 Å². The van der Waals surface area contributed by atoms with Gasteiger partial charge in [0.15, 0.2) is 0 Å². The van der Waals surface area contributed by atoms with Crippen molar-refractivity contribution in [3.63, 3.8) is 0 Å². The minimum Gasteiger partial charge on any atom is -0.507 e. The van der Waals surface area contributed by atoms with Crippen LogP contribution in [0.5, 0.6) is 5.75 Å². The third-order valence-electron chi connectivity index (χ3n) is 10.8. The monoisotopic (exact) mass is 781 g/mol. The molecule has 0 aliphatic rings. The van der Waals surface area contributed by atoms with Gasteiger partial charge in [0.05, 0.1) is 0 Å². The maximum atomic E-state index is 11.4. The minimum absolute atomic E-state index is 0.168. The number of nitrogens with one attached hydrogen (secondary N) is 3. The van der Waals surface area contributed by atoms with Crippen LogP contribution in [0.15, 0.2) is 109 Å². The maximum absolute atomic E-state index is 11.4. The summed E-state index contributed by atoms with van der Waals surface area (Å²) in [4.78, 5) is 2.52. The van der Waals surface area contributed by atoms with E-state index in [4.69, 9.17) is 0 Å². The molecule has 0 bridgehead atoms. The average Bonchev–Trinajstić information content (AvgIpc) is 3.12. The van der Waals surface area contributed by atoms with Crippen molar-refractivity contribution in [2.75, 3.05) is 20.9 Å². The number of rotatable bonds is 15. The molecule has 5 rings (SSSR count). The molecule has 5 heteroatoms. The first-order valence-electron chi connectivity index (χ1n) is 21.5. The fourth-order valence-corrected chi connectivity index (χ4v) is 8.19. The fraction of sp³-hybridized carbons (Fsp3) is 0.434. The summed E-state index contributed by atoms with van der Waals surface area (Å²) in [7, 11) is 0. The highest BCUT2D eigenvalue weighted by atomic mass is 16.3. The number of aromatic hydroxyl groups is 1. The summed E-state index contributed by atoms with van der Waals surface area (Å²) >= 11 is 0. The minimum atomic E-state index is -0.168. The van der Waals surface area contributed by atoms with Crippen molar-refractivity contribution in [2.45, 2.75) is 133 Å². The Morgan fingerprint density at radius 2 is 0.879 bits per heavy atom. The van der Waals surface area contributed by atoms with E-state index in [1.165, 1.54) is 23.2 Å². The zero-order valence-electron chi connectivity index (χ0n) is 37.8. The Labute approximate surface area is 351 Å². The van der Waals surface area contributed by atoms with Crippen LogP contribution in [0.2, 0.25) is 0 Å². The van der Waals surface area contributed by atoms with Gasteiger partial charge in [0, 0.05) is 52.4 Å². The van der Waals surface area contributed by atoms with Crippen LogP contribution in [0.25, 0.3) is 0 Å². The second-order valence-corrected chi connectivity index (χ2v) is 20.5. The Balaban J connectivity index is 1.21. The van der Waals surface area contributed by atoms with Gasteiger partial charge in [-0.25, -0.2) is 0 Å². The maximum Gasteiger partial charge on any atom is 0.123 e. The van der Waals surface area contributed by atoms with E-state index < -0.39 is 0 Å². The molecule has 0 saturated carbocycles. The van der Waals surface area contributed by atoms with Gasteiger partial charge in [0.25, 0.3) is 0 Å². The van der Waals surface area contributed by atoms with E-state index in [1.807, 2.05) is 0 Å². The van der Waals surface area contributed by atoms with Crippen molar-refractivity contribution < 1.29 is 5.11 Å². The molecule has 0 amide bonds. The van der Waals surface area contributed by atoms with E-state index in [0.717, 1.165) is 64.6 Å². The number of hydrogen-bond acceptors (Lipinski definition) is 5. The lowest BCUT2D eigenvalue weighted by molar-refractivity contribution is 0.306. The molecule has 310 valence electrons. The Morgan fingerprint density at radius 1 is 0.517 bits per heavy atom. The quantitative estimate of drug-likeness (QED) is 0.0852. The molecule has 0 fully saturated rings. The van der Waals surface area contributed by atoms with E-state index >= 15 is 0 Å². The lowest BCUT2D eigenvalue weighted by Crippen LogP contribution is -2.34. The zero-order valence-corrected chi connectivity index (χ0v) is 37.8. The second-order valence-electron chi connectivity index (χ2n) is 20.5. The number of phenolic OH excluding ortho intramolecular Hbond substituents is 1. The van der Waals surface area contributed by atoms with Crippen LogP contribution in [-0.4, -0.2) is 11.1 Å². The van der Waals surface area contributed by atoms with E-state index in [2.05, 4.69) is 220 Å². The van der Waals surface area contributed by atoms with Gasteiger partial charge in [-0.2, -0.15) is 0 Å². The SMILES string of the molecule is CC(C)CC(C)N(Cc1cc(C(C)(C)C)c(O)c(C(C)(C)C)c1)c1ccc(Nc2ccc(Nc3ccc(Nc4ccc(CC(C)CC(C)(C)C)cc4)cc3)cc2)cc1. The topological polar surface area (TPSA) is 59.6 Å². The van der Waals surface area contributed by atoms with Crippen molar-refractivity contribution in [1.29, 1.82) is 0 Å². The molecule has 0 heterocycles. The van der Waals surface area contributed by atoms with Crippen molar-refractivity contribution in [3.8, 4) is 5.75 Å². The predicted octanol–water partition coefficient (Wildman–Crippen LogP) is 15.3. The summed E-state index contributed by atoms with van der Waals surface area (Å²) in [5.41, 5.74) is 12.2. The van der Waals surface area contributed by atoms with Gasteiger partial charge >= 0.3 is 0 Å². The lowest BCUT2D eigenvalue weighted by Gasteiger charge is -2.34. The summed E-state index contributed by atoms with van der Waals surface area (Å²) in [6.45, 7) is 30.1.